The van der Waals surface area contributed by atoms with Gasteiger partial charge in [-0.05, 0) is 24.6 Å². The van der Waals surface area contributed by atoms with Gasteiger partial charge >= 0.3 is 0 Å². The van der Waals surface area contributed by atoms with Gasteiger partial charge in [0.05, 0.1) is 0 Å². The van der Waals surface area contributed by atoms with Crippen LogP contribution in [0.25, 0.3) is 0 Å². The Labute approximate surface area is 82.1 Å². The Bertz CT molecular complexity index is 302. The fraction of sp³-hybridized carbons (Fsp3) is 0.400. The fourth-order valence-electron chi connectivity index (χ4n) is 0.999. The van der Waals surface area contributed by atoms with Crippen LogP contribution < -0.4 is 11.1 Å². The van der Waals surface area contributed by atoms with Crippen molar-refractivity contribution in [2.24, 2.45) is 5.73 Å². The summed E-state index contributed by atoms with van der Waals surface area (Å²) in [7, 11) is 0. The lowest BCUT2D eigenvalue weighted by molar-refractivity contribution is 0.509. The fourth-order valence-corrected chi connectivity index (χ4v) is 0.999. The van der Waals surface area contributed by atoms with Crippen LogP contribution in [0.1, 0.15) is 13.3 Å². The molecular weight excluding hydrogens is 186 g/mol. The Morgan fingerprint density at radius 2 is 2.07 bits per heavy atom. The average Bonchev–Trinajstić information content (AvgIpc) is 2.19. The molecule has 0 heterocycles. The van der Waals surface area contributed by atoms with Gasteiger partial charge in [-0.3, -0.25) is 0 Å². The summed E-state index contributed by atoms with van der Waals surface area (Å²) in [4.78, 5) is 0. The zero-order valence-corrected chi connectivity index (χ0v) is 8.06. The standard InChI is InChI=1S/C10H14F2N2/c1-2-7(13)6-14-8-3-4-9(11)10(12)5-8/h3-5,7,14H,2,6,13H2,1H3. The second-order valence-electron chi connectivity index (χ2n) is 3.18. The minimum Gasteiger partial charge on any atom is -0.383 e. The van der Waals surface area contributed by atoms with E-state index in [2.05, 4.69) is 5.32 Å². The highest BCUT2D eigenvalue weighted by Crippen LogP contribution is 2.12. The number of halogens is 2. The third-order valence-corrected chi connectivity index (χ3v) is 2.01. The lowest BCUT2D eigenvalue weighted by Gasteiger charge is -2.11. The quantitative estimate of drug-likeness (QED) is 0.781. The first-order chi connectivity index (χ1) is 6.63. The maximum absolute atomic E-state index is 12.7. The molecule has 1 unspecified atom stereocenters. The molecule has 14 heavy (non-hydrogen) atoms. The first-order valence-corrected chi connectivity index (χ1v) is 4.58. The minimum atomic E-state index is -0.847. The molecule has 0 radical (unpaired) electrons. The molecule has 3 N–H and O–H groups in total. The molecule has 0 spiro atoms. The molecule has 1 atom stereocenters. The molecule has 0 bridgehead atoms. The molecule has 0 amide bonds. The van der Waals surface area contributed by atoms with E-state index in [9.17, 15) is 8.78 Å². The van der Waals surface area contributed by atoms with Crippen LogP contribution in [0.15, 0.2) is 18.2 Å². The Morgan fingerprint density at radius 3 is 2.64 bits per heavy atom. The van der Waals surface area contributed by atoms with E-state index in [0.717, 1.165) is 18.6 Å². The van der Waals surface area contributed by atoms with E-state index in [-0.39, 0.29) is 6.04 Å². The number of anilines is 1. The number of nitrogens with two attached hydrogens (primary N) is 1. The lowest BCUT2D eigenvalue weighted by atomic mass is 10.2. The molecular formula is C10H14F2N2. The third kappa shape index (κ3) is 2.96. The van der Waals surface area contributed by atoms with E-state index in [0.29, 0.717) is 12.2 Å². The lowest BCUT2D eigenvalue weighted by Crippen LogP contribution is -2.28. The summed E-state index contributed by atoms with van der Waals surface area (Å²) in [6.45, 7) is 2.53. The molecule has 1 aromatic carbocycles. The van der Waals surface area contributed by atoms with Crippen molar-refractivity contribution in [2.45, 2.75) is 19.4 Å². The molecule has 1 rings (SSSR count). The topological polar surface area (TPSA) is 38.0 Å². The highest BCUT2D eigenvalue weighted by molar-refractivity contribution is 5.43. The van der Waals surface area contributed by atoms with Gasteiger partial charge in [0, 0.05) is 18.3 Å². The van der Waals surface area contributed by atoms with Crippen LogP contribution in [0.5, 0.6) is 0 Å². The van der Waals surface area contributed by atoms with Gasteiger partial charge in [0.15, 0.2) is 11.6 Å². The predicted octanol–water partition coefficient (Wildman–Crippen LogP) is 2.11. The van der Waals surface area contributed by atoms with Gasteiger partial charge in [0.25, 0.3) is 0 Å². The van der Waals surface area contributed by atoms with E-state index in [1.54, 1.807) is 0 Å². The van der Waals surface area contributed by atoms with Crippen molar-refractivity contribution in [1.82, 2.24) is 0 Å². The van der Waals surface area contributed by atoms with Crippen molar-refractivity contribution in [3.8, 4) is 0 Å². The molecule has 0 aromatic heterocycles. The van der Waals surface area contributed by atoms with Crippen molar-refractivity contribution in [3.63, 3.8) is 0 Å². The van der Waals surface area contributed by atoms with E-state index in [1.807, 2.05) is 6.92 Å². The zero-order valence-electron chi connectivity index (χ0n) is 8.06. The van der Waals surface area contributed by atoms with Crippen molar-refractivity contribution in [1.29, 1.82) is 0 Å². The second kappa shape index (κ2) is 4.91. The van der Waals surface area contributed by atoms with Crippen molar-refractivity contribution >= 4 is 5.69 Å². The predicted molar refractivity (Wildman–Crippen MR) is 53.1 cm³/mol. The number of hydrogen-bond donors (Lipinski definition) is 2. The Hall–Kier alpha value is -1.16. The number of rotatable bonds is 4. The van der Waals surface area contributed by atoms with Gasteiger partial charge in [-0.25, -0.2) is 8.78 Å². The molecule has 0 aliphatic carbocycles. The monoisotopic (exact) mass is 200 g/mol. The van der Waals surface area contributed by atoms with Crippen molar-refractivity contribution in [3.05, 3.63) is 29.8 Å². The summed E-state index contributed by atoms with van der Waals surface area (Å²) in [6, 6.07) is 3.73. The molecule has 0 fully saturated rings. The third-order valence-electron chi connectivity index (χ3n) is 2.01. The summed E-state index contributed by atoms with van der Waals surface area (Å²) in [5.41, 5.74) is 6.21. The summed E-state index contributed by atoms with van der Waals surface area (Å²) < 4.78 is 25.3. The molecule has 4 heteroatoms. The molecule has 0 saturated heterocycles. The highest BCUT2D eigenvalue weighted by atomic mass is 19.2. The van der Waals surface area contributed by atoms with E-state index < -0.39 is 11.6 Å². The molecule has 0 aliphatic heterocycles. The zero-order chi connectivity index (χ0) is 10.6. The van der Waals surface area contributed by atoms with E-state index in [1.165, 1.54) is 6.07 Å². The van der Waals surface area contributed by atoms with E-state index >= 15 is 0 Å². The van der Waals surface area contributed by atoms with Crippen LogP contribution >= 0.6 is 0 Å². The number of nitrogens with one attached hydrogen (secondary N) is 1. The Balaban J connectivity index is 2.55. The van der Waals surface area contributed by atoms with Crippen molar-refractivity contribution < 1.29 is 8.78 Å². The van der Waals surface area contributed by atoms with Gasteiger partial charge in [-0.2, -0.15) is 0 Å². The summed E-state index contributed by atoms with van der Waals surface area (Å²) in [5.74, 6) is -1.68. The van der Waals surface area contributed by atoms with Gasteiger partial charge in [-0.1, -0.05) is 6.92 Å². The van der Waals surface area contributed by atoms with Crippen LogP contribution in [-0.2, 0) is 0 Å². The second-order valence-corrected chi connectivity index (χ2v) is 3.18. The van der Waals surface area contributed by atoms with Crippen molar-refractivity contribution in [2.75, 3.05) is 11.9 Å². The van der Waals surface area contributed by atoms with Gasteiger partial charge in [-0.15, -0.1) is 0 Å². The molecule has 0 saturated carbocycles. The molecule has 2 nitrogen and oxygen atoms in total. The average molecular weight is 200 g/mol. The first-order valence-electron chi connectivity index (χ1n) is 4.58. The van der Waals surface area contributed by atoms with Gasteiger partial charge < -0.3 is 11.1 Å². The van der Waals surface area contributed by atoms with Gasteiger partial charge in [0.1, 0.15) is 0 Å². The Kier molecular flexibility index (Phi) is 3.83. The summed E-state index contributed by atoms with van der Waals surface area (Å²) in [5, 5.41) is 2.93. The normalized spacial score (nSPS) is 12.6. The van der Waals surface area contributed by atoms with Gasteiger partial charge in [0.2, 0.25) is 0 Å². The maximum atomic E-state index is 12.7. The summed E-state index contributed by atoms with van der Waals surface area (Å²) in [6.07, 6.45) is 0.844. The smallest absolute Gasteiger partial charge is 0.160 e. The van der Waals surface area contributed by atoms with Crippen LogP contribution in [0, 0.1) is 11.6 Å². The molecule has 0 aliphatic rings. The highest BCUT2D eigenvalue weighted by Gasteiger charge is 2.03. The number of hydrogen-bond acceptors (Lipinski definition) is 2. The van der Waals surface area contributed by atoms with Crippen LogP contribution in [0.2, 0.25) is 0 Å². The Morgan fingerprint density at radius 1 is 1.36 bits per heavy atom. The van der Waals surface area contributed by atoms with Crippen LogP contribution in [0.3, 0.4) is 0 Å². The SMILES string of the molecule is CCC(N)CNc1ccc(F)c(F)c1. The molecule has 1 aromatic rings. The van der Waals surface area contributed by atoms with Crippen LogP contribution in [0.4, 0.5) is 14.5 Å². The minimum absolute atomic E-state index is 0.0307. The number of benzene rings is 1. The first kappa shape index (κ1) is 10.9. The van der Waals surface area contributed by atoms with Crippen LogP contribution in [-0.4, -0.2) is 12.6 Å². The van der Waals surface area contributed by atoms with E-state index in [4.69, 9.17) is 5.73 Å². The maximum Gasteiger partial charge on any atom is 0.160 e. The summed E-state index contributed by atoms with van der Waals surface area (Å²) >= 11 is 0. The molecule has 78 valence electrons. The largest absolute Gasteiger partial charge is 0.383 e.